The van der Waals surface area contributed by atoms with Crippen molar-refractivity contribution in [3.8, 4) is 0 Å². The first kappa shape index (κ1) is 16.2. The van der Waals surface area contributed by atoms with E-state index >= 15 is 0 Å². The largest absolute Gasteiger partial charge is 0.469 e. The van der Waals surface area contributed by atoms with Gasteiger partial charge in [0, 0.05) is 22.5 Å². The first-order valence-corrected chi connectivity index (χ1v) is 7.23. The Morgan fingerprint density at radius 3 is 2.58 bits per heavy atom. The molecule has 1 aromatic carbocycles. The Balaban J connectivity index is 2.82. The Morgan fingerprint density at radius 1 is 1.37 bits per heavy atom. The van der Waals surface area contributed by atoms with Gasteiger partial charge in [0.05, 0.1) is 18.6 Å². The topological polar surface area (TPSA) is 46.6 Å². The molecule has 1 unspecified atom stereocenters. The fourth-order valence-electron chi connectivity index (χ4n) is 1.64. The maximum absolute atomic E-state index is 12.3. The van der Waals surface area contributed by atoms with Gasteiger partial charge >= 0.3 is 5.97 Å². The minimum atomic E-state index is -0.357. The number of rotatable bonds is 4. The van der Waals surface area contributed by atoms with Crippen LogP contribution in [-0.4, -0.2) is 37.5 Å². The highest BCUT2D eigenvalue weighted by atomic mass is 79.9. The van der Waals surface area contributed by atoms with Gasteiger partial charge in [-0.1, -0.05) is 22.9 Å². The van der Waals surface area contributed by atoms with E-state index in [4.69, 9.17) is 0 Å². The zero-order chi connectivity index (χ0) is 14.6. The Kier molecular flexibility index (Phi) is 6.00. The van der Waals surface area contributed by atoms with Crippen molar-refractivity contribution in [1.82, 2.24) is 4.90 Å². The van der Waals surface area contributed by atoms with Crippen molar-refractivity contribution in [2.75, 3.05) is 20.7 Å². The number of benzene rings is 1. The Labute approximate surface area is 129 Å². The van der Waals surface area contributed by atoms with Gasteiger partial charge in [-0.3, -0.25) is 9.59 Å². The summed E-state index contributed by atoms with van der Waals surface area (Å²) >= 11 is 6.68. The summed E-state index contributed by atoms with van der Waals surface area (Å²) in [6.07, 6.45) is 0. The first-order valence-electron chi connectivity index (χ1n) is 5.65. The van der Waals surface area contributed by atoms with Crippen LogP contribution in [0.15, 0.2) is 27.1 Å². The lowest BCUT2D eigenvalue weighted by Gasteiger charge is -2.21. The van der Waals surface area contributed by atoms with Gasteiger partial charge < -0.3 is 9.64 Å². The number of halogens is 2. The van der Waals surface area contributed by atoms with Gasteiger partial charge in [-0.15, -0.1) is 0 Å². The van der Waals surface area contributed by atoms with Gasteiger partial charge in [0.2, 0.25) is 0 Å². The zero-order valence-corrected chi connectivity index (χ0v) is 14.1. The van der Waals surface area contributed by atoms with E-state index in [0.717, 1.165) is 8.95 Å². The number of methoxy groups -OCH3 is 1. The number of esters is 1. The van der Waals surface area contributed by atoms with Crippen LogP contribution in [0, 0.1) is 5.92 Å². The van der Waals surface area contributed by atoms with Crippen LogP contribution in [0.2, 0.25) is 0 Å². The van der Waals surface area contributed by atoms with E-state index in [2.05, 4.69) is 36.6 Å². The van der Waals surface area contributed by atoms with Crippen molar-refractivity contribution in [2.45, 2.75) is 6.92 Å². The summed E-state index contributed by atoms with van der Waals surface area (Å²) in [5.41, 5.74) is 0.550. The molecule has 0 N–H and O–H groups in total. The molecule has 0 aromatic heterocycles. The highest BCUT2D eigenvalue weighted by Crippen LogP contribution is 2.23. The van der Waals surface area contributed by atoms with Crippen LogP contribution >= 0.6 is 31.9 Å². The molecular weight excluding hydrogens is 378 g/mol. The van der Waals surface area contributed by atoms with E-state index in [1.807, 2.05) is 6.07 Å². The van der Waals surface area contributed by atoms with Gasteiger partial charge in [0.1, 0.15) is 0 Å². The SMILES string of the molecule is COC(=O)C(C)CN(C)C(=O)c1cc(Br)ccc1Br. The van der Waals surface area contributed by atoms with Crippen LogP contribution in [0.4, 0.5) is 0 Å². The number of amides is 1. The molecule has 0 heterocycles. The lowest BCUT2D eigenvalue weighted by Crippen LogP contribution is -2.34. The van der Waals surface area contributed by atoms with Crippen molar-refractivity contribution in [3.63, 3.8) is 0 Å². The molecule has 1 aromatic rings. The molecule has 0 saturated heterocycles. The summed E-state index contributed by atoms with van der Waals surface area (Å²) in [5.74, 6) is -0.832. The molecule has 6 heteroatoms. The van der Waals surface area contributed by atoms with E-state index < -0.39 is 0 Å². The first-order chi connectivity index (χ1) is 8.86. The summed E-state index contributed by atoms with van der Waals surface area (Å²) in [4.78, 5) is 25.1. The number of hydrogen-bond acceptors (Lipinski definition) is 3. The average Bonchev–Trinajstić information content (AvgIpc) is 2.39. The number of ether oxygens (including phenoxy) is 1. The predicted octanol–water partition coefficient (Wildman–Crippen LogP) is 3.09. The van der Waals surface area contributed by atoms with Crippen LogP contribution in [0.5, 0.6) is 0 Å². The number of nitrogens with zero attached hydrogens (tertiary/aromatic N) is 1. The molecule has 0 bridgehead atoms. The van der Waals surface area contributed by atoms with Crippen LogP contribution in [0.3, 0.4) is 0 Å². The van der Waals surface area contributed by atoms with Gasteiger partial charge in [0.25, 0.3) is 5.91 Å². The van der Waals surface area contributed by atoms with Crippen molar-refractivity contribution in [2.24, 2.45) is 5.92 Å². The number of carbonyl (C=O) groups is 2. The van der Waals surface area contributed by atoms with E-state index in [1.165, 1.54) is 12.0 Å². The number of carbonyl (C=O) groups excluding carboxylic acids is 2. The van der Waals surface area contributed by atoms with Crippen LogP contribution in [-0.2, 0) is 9.53 Å². The molecule has 0 aliphatic carbocycles. The molecule has 0 aliphatic rings. The van der Waals surface area contributed by atoms with Gasteiger partial charge in [-0.2, -0.15) is 0 Å². The van der Waals surface area contributed by atoms with Gasteiger partial charge in [-0.25, -0.2) is 0 Å². The van der Waals surface area contributed by atoms with E-state index in [-0.39, 0.29) is 17.8 Å². The second-order valence-corrected chi connectivity index (χ2v) is 6.00. The number of hydrogen-bond donors (Lipinski definition) is 0. The Morgan fingerprint density at radius 2 is 2.00 bits per heavy atom. The maximum Gasteiger partial charge on any atom is 0.310 e. The van der Waals surface area contributed by atoms with Crippen molar-refractivity contribution in [3.05, 3.63) is 32.7 Å². The fraction of sp³-hybridized carbons (Fsp3) is 0.385. The van der Waals surface area contributed by atoms with E-state index in [9.17, 15) is 9.59 Å². The highest BCUT2D eigenvalue weighted by Gasteiger charge is 2.21. The van der Waals surface area contributed by atoms with Crippen molar-refractivity contribution in [1.29, 1.82) is 0 Å². The minimum Gasteiger partial charge on any atom is -0.469 e. The smallest absolute Gasteiger partial charge is 0.310 e. The maximum atomic E-state index is 12.3. The second kappa shape index (κ2) is 7.05. The molecule has 1 amide bonds. The minimum absolute atomic E-state index is 0.149. The summed E-state index contributed by atoms with van der Waals surface area (Å²) in [6, 6.07) is 5.39. The molecule has 1 atom stereocenters. The summed E-state index contributed by atoms with van der Waals surface area (Å²) in [6.45, 7) is 2.04. The molecular formula is C13H15Br2NO3. The average molecular weight is 393 g/mol. The van der Waals surface area contributed by atoms with Crippen LogP contribution in [0.25, 0.3) is 0 Å². The summed E-state index contributed by atoms with van der Waals surface area (Å²) < 4.78 is 6.20. The van der Waals surface area contributed by atoms with E-state index in [0.29, 0.717) is 12.1 Å². The van der Waals surface area contributed by atoms with Crippen LogP contribution in [0.1, 0.15) is 17.3 Å². The third-order valence-corrected chi connectivity index (χ3v) is 3.84. The standard InChI is InChI=1S/C13H15Br2NO3/c1-8(13(18)19-3)7-16(2)12(17)10-6-9(14)4-5-11(10)15/h4-6,8H,7H2,1-3H3. The molecule has 104 valence electrons. The second-order valence-electron chi connectivity index (χ2n) is 4.23. The molecule has 0 aliphatic heterocycles. The van der Waals surface area contributed by atoms with Crippen molar-refractivity contribution >= 4 is 43.7 Å². The fourth-order valence-corrected chi connectivity index (χ4v) is 2.41. The Bertz CT molecular complexity index is 491. The van der Waals surface area contributed by atoms with Crippen LogP contribution < -0.4 is 0 Å². The molecule has 0 fully saturated rings. The molecule has 4 nitrogen and oxygen atoms in total. The molecule has 0 spiro atoms. The molecule has 0 saturated carbocycles. The third-order valence-electron chi connectivity index (χ3n) is 2.66. The normalized spacial score (nSPS) is 11.8. The lowest BCUT2D eigenvalue weighted by atomic mass is 10.1. The lowest BCUT2D eigenvalue weighted by molar-refractivity contribution is -0.145. The van der Waals surface area contributed by atoms with Gasteiger partial charge in [0.15, 0.2) is 0 Å². The zero-order valence-electron chi connectivity index (χ0n) is 10.9. The quantitative estimate of drug-likeness (QED) is 0.739. The third kappa shape index (κ3) is 4.31. The van der Waals surface area contributed by atoms with Crippen molar-refractivity contribution < 1.29 is 14.3 Å². The Hall–Kier alpha value is -0.880. The summed E-state index contributed by atoms with van der Waals surface area (Å²) in [7, 11) is 3.00. The highest BCUT2D eigenvalue weighted by molar-refractivity contribution is 9.11. The molecule has 19 heavy (non-hydrogen) atoms. The molecule has 0 radical (unpaired) electrons. The van der Waals surface area contributed by atoms with E-state index in [1.54, 1.807) is 26.1 Å². The van der Waals surface area contributed by atoms with Gasteiger partial charge in [-0.05, 0) is 34.1 Å². The monoisotopic (exact) mass is 391 g/mol. The molecule has 1 rings (SSSR count). The summed E-state index contributed by atoms with van der Waals surface area (Å²) in [5, 5.41) is 0. The predicted molar refractivity (Wildman–Crippen MR) is 80.0 cm³/mol.